The Bertz CT molecular complexity index is 828. The quantitative estimate of drug-likeness (QED) is 0.0630. The zero-order chi connectivity index (χ0) is 32.4. The van der Waals surface area contributed by atoms with Crippen LogP contribution in [-0.4, -0.2) is 87.5 Å². The smallest absolute Gasteiger partial charge is 0.220 e. The van der Waals surface area contributed by atoms with E-state index in [1.807, 2.05) is 6.08 Å². The van der Waals surface area contributed by atoms with Crippen molar-refractivity contribution in [3.8, 4) is 0 Å². The first-order chi connectivity index (χ1) is 21.3. The Morgan fingerprint density at radius 2 is 1.41 bits per heavy atom. The summed E-state index contributed by atoms with van der Waals surface area (Å²) in [6, 6.07) is -0.824. The second-order valence-electron chi connectivity index (χ2n) is 11.6. The molecule has 7 atom stereocenters. The molecule has 0 aliphatic carbocycles. The molecule has 6 N–H and O–H groups in total. The highest BCUT2D eigenvalue weighted by atomic mass is 16.7. The predicted molar refractivity (Wildman–Crippen MR) is 175 cm³/mol. The molecule has 1 aliphatic rings. The van der Waals surface area contributed by atoms with Crippen LogP contribution >= 0.6 is 0 Å². The highest BCUT2D eigenvalue weighted by Crippen LogP contribution is 2.22. The summed E-state index contributed by atoms with van der Waals surface area (Å²) in [6.07, 6.45) is 23.2. The molecule has 7 unspecified atom stereocenters. The predicted octanol–water partition coefficient (Wildman–Crippen LogP) is 4.76. The maximum atomic E-state index is 12.7. The van der Waals surface area contributed by atoms with Crippen LogP contribution in [0, 0.1) is 0 Å². The van der Waals surface area contributed by atoms with Crippen LogP contribution in [0.15, 0.2) is 48.6 Å². The second-order valence-corrected chi connectivity index (χ2v) is 11.6. The molecular formula is C35H61NO8. The minimum atomic E-state index is -1.57. The van der Waals surface area contributed by atoms with Crippen LogP contribution in [0.1, 0.15) is 110 Å². The summed E-state index contributed by atoms with van der Waals surface area (Å²) in [6.45, 7) is 3.54. The van der Waals surface area contributed by atoms with Crippen molar-refractivity contribution in [2.45, 2.75) is 153 Å². The number of aliphatic hydroxyl groups is 5. The van der Waals surface area contributed by atoms with Crippen LogP contribution in [0.2, 0.25) is 0 Å². The van der Waals surface area contributed by atoms with Gasteiger partial charge in [0.1, 0.15) is 24.4 Å². The van der Waals surface area contributed by atoms with Crippen molar-refractivity contribution in [2.75, 3.05) is 13.2 Å². The lowest BCUT2D eigenvalue weighted by atomic mass is 9.99. The lowest BCUT2D eigenvalue weighted by Gasteiger charge is -2.40. The molecule has 0 aromatic carbocycles. The van der Waals surface area contributed by atoms with Crippen LogP contribution in [0.5, 0.6) is 0 Å². The molecule has 0 spiro atoms. The summed E-state index contributed by atoms with van der Waals surface area (Å²) < 4.78 is 11.1. The van der Waals surface area contributed by atoms with E-state index >= 15 is 0 Å². The molecule has 0 saturated carbocycles. The van der Waals surface area contributed by atoms with Gasteiger partial charge in [0.2, 0.25) is 5.91 Å². The summed E-state index contributed by atoms with van der Waals surface area (Å²) in [5.41, 5.74) is 0. The molecule has 9 nitrogen and oxygen atoms in total. The Labute approximate surface area is 265 Å². The average molecular weight is 624 g/mol. The Morgan fingerprint density at radius 3 is 2.11 bits per heavy atom. The molecule has 1 aliphatic heterocycles. The van der Waals surface area contributed by atoms with Gasteiger partial charge in [-0.2, -0.15) is 0 Å². The van der Waals surface area contributed by atoms with Crippen molar-refractivity contribution < 1.29 is 39.8 Å². The third kappa shape index (κ3) is 18.2. The number of hydrogen-bond acceptors (Lipinski definition) is 8. The number of ether oxygens (including phenoxy) is 2. The Kier molecular flexibility index (Phi) is 24.1. The Balaban J connectivity index is 2.50. The molecule has 9 heteroatoms. The number of rotatable bonds is 25. The third-order valence-corrected chi connectivity index (χ3v) is 7.61. The molecule has 44 heavy (non-hydrogen) atoms. The van der Waals surface area contributed by atoms with Gasteiger partial charge in [-0.15, -0.1) is 0 Å². The monoisotopic (exact) mass is 623 g/mol. The first-order valence-electron chi connectivity index (χ1n) is 16.9. The minimum Gasteiger partial charge on any atom is -0.394 e. The van der Waals surface area contributed by atoms with Crippen molar-refractivity contribution in [1.82, 2.24) is 5.32 Å². The highest BCUT2D eigenvalue weighted by Gasteiger charge is 2.44. The average Bonchev–Trinajstić information content (AvgIpc) is 3.02. The topological polar surface area (TPSA) is 149 Å². The fourth-order valence-electron chi connectivity index (χ4n) is 4.78. The normalized spacial score (nSPS) is 24.2. The SMILES string of the molecule is CCC/C=C/CC/C=C/C(O)C(COC1OC(CO)C(O)C(O)C1O)NC(=O)CCCCCCC/C=C\C/C=C\CCCC. The molecule has 0 aromatic heterocycles. The van der Waals surface area contributed by atoms with Crippen LogP contribution in [0.25, 0.3) is 0 Å². The molecular weight excluding hydrogens is 562 g/mol. The van der Waals surface area contributed by atoms with Crippen LogP contribution in [-0.2, 0) is 14.3 Å². The molecule has 1 rings (SSSR count). The van der Waals surface area contributed by atoms with E-state index in [2.05, 4.69) is 55.6 Å². The number of carbonyl (C=O) groups is 1. The Morgan fingerprint density at radius 1 is 0.773 bits per heavy atom. The largest absolute Gasteiger partial charge is 0.394 e. The number of carbonyl (C=O) groups excluding carboxylic acids is 1. The van der Waals surface area contributed by atoms with E-state index in [1.165, 1.54) is 12.8 Å². The summed E-state index contributed by atoms with van der Waals surface area (Å²) in [5, 5.41) is 53.5. The third-order valence-electron chi connectivity index (χ3n) is 7.61. The molecule has 1 saturated heterocycles. The fourth-order valence-corrected chi connectivity index (χ4v) is 4.78. The highest BCUT2D eigenvalue weighted by molar-refractivity contribution is 5.76. The summed E-state index contributed by atoms with van der Waals surface area (Å²) in [7, 11) is 0. The van der Waals surface area contributed by atoms with Gasteiger partial charge in [0.25, 0.3) is 0 Å². The second kappa shape index (κ2) is 26.4. The first kappa shape index (κ1) is 40.2. The van der Waals surface area contributed by atoms with Gasteiger partial charge in [-0.1, -0.05) is 101 Å². The van der Waals surface area contributed by atoms with E-state index in [9.17, 15) is 30.3 Å². The zero-order valence-corrected chi connectivity index (χ0v) is 27.1. The number of unbranched alkanes of at least 4 members (excludes halogenated alkanes) is 9. The maximum absolute atomic E-state index is 12.7. The number of hydrogen-bond donors (Lipinski definition) is 6. The van der Waals surface area contributed by atoms with Gasteiger partial charge < -0.3 is 40.3 Å². The van der Waals surface area contributed by atoms with Crippen molar-refractivity contribution in [1.29, 1.82) is 0 Å². The van der Waals surface area contributed by atoms with Gasteiger partial charge in [0.15, 0.2) is 6.29 Å². The van der Waals surface area contributed by atoms with Crippen molar-refractivity contribution in [3.63, 3.8) is 0 Å². The van der Waals surface area contributed by atoms with Gasteiger partial charge in [-0.3, -0.25) is 4.79 Å². The lowest BCUT2D eigenvalue weighted by molar-refractivity contribution is -0.302. The number of nitrogens with one attached hydrogen (secondary N) is 1. The number of aliphatic hydroxyl groups excluding tert-OH is 5. The van der Waals surface area contributed by atoms with Gasteiger partial charge in [0, 0.05) is 6.42 Å². The van der Waals surface area contributed by atoms with Gasteiger partial charge in [-0.25, -0.2) is 0 Å². The molecule has 0 aromatic rings. The molecule has 1 heterocycles. The summed E-state index contributed by atoms with van der Waals surface area (Å²) >= 11 is 0. The zero-order valence-electron chi connectivity index (χ0n) is 27.1. The summed E-state index contributed by atoms with van der Waals surface area (Å²) in [5.74, 6) is -0.211. The molecule has 254 valence electrons. The Hall–Kier alpha value is -1.85. The van der Waals surface area contributed by atoms with E-state index in [4.69, 9.17) is 9.47 Å². The fraction of sp³-hybridized carbons (Fsp3) is 0.743. The number of amides is 1. The van der Waals surface area contributed by atoms with Gasteiger partial charge >= 0.3 is 0 Å². The lowest BCUT2D eigenvalue weighted by Crippen LogP contribution is -2.60. The van der Waals surface area contributed by atoms with Gasteiger partial charge in [0.05, 0.1) is 25.4 Å². The first-order valence-corrected chi connectivity index (χ1v) is 16.9. The van der Waals surface area contributed by atoms with Crippen molar-refractivity contribution in [2.24, 2.45) is 0 Å². The van der Waals surface area contributed by atoms with Crippen LogP contribution < -0.4 is 5.32 Å². The van der Waals surface area contributed by atoms with E-state index in [0.29, 0.717) is 6.42 Å². The van der Waals surface area contributed by atoms with E-state index in [1.54, 1.807) is 6.08 Å². The molecule has 0 bridgehead atoms. The summed E-state index contributed by atoms with van der Waals surface area (Å²) in [4.78, 5) is 12.7. The maximum Gasteiger partial charge on any atom is 0.220 e. The van der Waals surface area contributed by atoms with E-state index in [0.717, 1.165) is 77.0 Å². The van der Waals surface area contributed by atoms with E-state index < -0.39 is 49.5 Å². The minimum absolute atomic E-state index is 0.210. The van der Waals surface area contributed by atoms with Crippen molar-refractivity contribution >= 4 is 5.91 Å². The van der Waals surface area contributed by atoms with Gasteiger partial charge in [-0.05, 0) is 51.4 Å². The van der Waals surface area contributed by atoms with E-state index in [-0.39, 0.29) is 12.5 Å². The molecule has 1 fully saturated rings. The molecule has 0 radical (unpaired) electrons. The number of allylic oxidation sites excluding steroid dienone is 7. The van der Waals surface area contributed by atoms with Crippen LogP contribution in [0.3, 0.4) is 0 Å². The van der Waals surface area contributed by atoms with Crippen molar-refractivity contribution in [3.05, 3.63) is 48.6 Å². The van der Waals surface area contributed by atoms with Crippen LogP contribution in [0.4, 0.5) is 0 Å². The molecule has 1 amide bonds. The standard InChI is InChI=1S/C35H61NO8/c1-3-5-7-9-11-12-13-14-15-16-17-19-21-23-25-31(39)36-28(29(38)24-22-20-18-10-8-6-4-2)27-43-35-34(42)33(41)32(40)30(26-37)44-35/h8-11,13-14,22,24,28-30,32-35,37-38,40-42H,3-7,12,15-21,23,25-27H2,1-2H3,(H,36,39)/b10-8+,11-9-,14-13-,24-22+.